The second-order valence-corrected chi connectivity index (χ2v) is 7.71. The number of carboxylic acid groups (broad SMARTS) is 1. The second kappa shape index (κ2) is 8.03. The molecule has 1 spiro atoms. The summed E-state index contributed by atoms with van der Waals surface area (Å²) in [7, 11) is 1.81. The Morgan fingerprint density at radius 2 is 2.12 bits per heavy atom. The molecule has 3 heterocycles. The van der Waals surface area contributed by atoms with E-state index in [1.807, 2.05) is 18.4 Å². The van der Waals surface area contributed by atoms with Crippen LogP contribution in [0, 0.1) is 6.92 Å². The normalized spacial score (nSPS) is 22.8. The number of aryl methyl sites for hydroxylation is 1. The summed E-state index contributed by atoms with van der Waals surface area (Å²) in [5.41, 5.74) is 0.0885. The minimum atomic E-state index is -5.08. The van der Waals surface area contributed by atoms with Crippen LogP contribution in [-0.2, 0) is 20.8 Å². The largest absolute Gasteiger partial charge is 0.490 e. The summed E-state index contributed by atoms with van der Waals surface area (Å²) in [6.45, 7) is 6.21. The molecule has 0 radical (unpaired) electrons. The molecule has 2 saturated heterocycles. The molecule has 25 heavy (non-hydrogen) atoms. The van der Waals surface area contributed by atoms with Gasteiger partial charge in [-0.3, -0.25) is 4.90 Å². The zero-order valence-corrected chi connectivity index (χ0v) is 15.0. The number of methoxy groups -OCH3 is 1. The fraction of sp³-hybridized carbons (Fsp3) is 0.688. The number of likely N-dealkylation sites (tertiary alicyclic amines) is 1. The first-order chi connectivity index (χ1) is 11.6. The molecule has 1 unspecified atom stereocenters. The molecule has 1 N–H and O–H groups in total. The van der Waals surface area contributed by atoms with Crippen LogP contribution in [0.1, 0.15) is 22.6 Å². The van der Waals surface area contributed by atoms with E-state index in [1.54, 1.807) is 0 Å². The Kier molecular flexibility index (Phi) is 6.47. The predicted octanol–water partition coefficient (Wildman–Crippen LogP) is 3.07. The van der Waals surface area contributed by atoms with Crippen molar-refractivity contribution >= 4 is 17.3 Å². The molecule has 1 atom stereocenters. The van der Waals surface area contributed by atoms with E-state index >= 15 is 0 Å². The molecule has 0 amide bonds. The molecule has 0 bridgehead atoms. The van der Waals surface area contributed by atoms with Crippen molar-refractivity contribution in [2.24, 2.45) is 0 Å². The number of carbonyl (C=O) groups is 1. The fourth-order valence-electron chi connectivity index (χ4n) is 3.08. The number of alkyl halides is 3. The zero-order chi connectivity index (χ0) is 18.7. The van der Waals surface area contributed by atoms with Gasteiger partial charge in [0.2, 0.25) is 0 Å². The van der Waals surface area contributed by atoms with Gasteiger partial charge in [-0.1, -0.05) is 0 Å². The average Bonchev–Trinajstić information content (AvgIpc) is 2.91. The Morgan fingerprint density at radius 1 is 1.48 bits per heavy atom. The van der Waals surface area contributed by atoms with Crippen molar-refractivity contribution in [3.05, 3.63) is 21.9 Å². The molecule has 1 aromatic rings. The van der Waals surface area contributed by atoms with E-state index in [4.69, 9.17) is 19.4 Å². The first-order valence-electron chi connectivity index (χ1n) is 7.88. The average molecular weight is 381 g/mol. The van der Waals surface area contributed by atoms with Crippen molar-refractivity contribution in [1.29, 1.82) is 0 Å². The van der Waals surface area contributed by atoms with Gasteiger partial charge in [0.05, 0.1) is 11.7 Å². The van der Waals surface area contributed by atoms with E-state index < -0.39 is 12.1 Å². The molecular formula is C16H22F3NO4S. The summed E-state index contributed by atoms with van der Waals surface area (Å²) >= 11 is 1.90. The second-order valence-electron chi connectivity index (χ2n) is 6.34. The molecular weight excluding hydrogens is 359 g/mol. The Balaban J connectivity index is 0.000000277. The highest BCUT2D eigenvalue weighted by atomic mass is 32.1. The van der Waals surface area contributed by atoms with Crippen molar-refractivity contribution in [2.45, 2.75) is 44.2 Å². The van der Waals surface area contributed by atoms with Gasteiger partial charge < -0.3 is 14.6 Å². The van der Waals surface area contributed by atoms with Crippen LogP contribution in [0.4, 0.5) is 13.2 Å². The van der Waals surface area contributed by atoms with Crippen molar-refractivity contribution in [1.82, 2.24) is 4.90 Å². The number of carboxylic acids is 1. The smallest absolute Gasteiger partial charge is 0.475 e. The van der Waals surface area contributed by atoms with Crippen molar-refractivity contribution in [2.75, 3.05) is 26.8 Å². The monoisotopic (exact) mass is 381 g/mol. The first-order valence-corrected chi connectivity index (χ1v) is 8.70. The lowest BCUT2D eigenvalue weighted by Gasteiger charge is -2.53. The summed E-state index contributed by atoms with van der Waals surface area (Å²) in [4.78, 5) is 14.2. The van der Waals surface area contributed by atoms with Gasteiger partial charge in [0.25, 0.3) is 0 Å². The SMILES string of the molecule is COC1CCOC2(C1)CN(Cc1ccc(C)s1)C2.O=C(O)C(F)(F)F. The van der Waals surface area contributed by atoms with Crippen molar-refractivity contribution in [3.8, 4) is 0 Å². The van der Waals surface area contributed by atoms with Gasteiger partial charge >= 0.3 is 12.1 Å². The van der Waals surface area contributed by atoms with Crippen LogP contribution in [0.5, 0.6) is 0 Å². The molecule has 1 aromatic heterocycles. The Morgan fingerprint density at radius 3 is 2.60 bits per heavy atom. The molecule has 0 aromatic carbocycles. The number of rotatable bonds is 3. The van der Waals surface area contributed by atoms with Crippen LogP contribution < -0.4 is 0 Å². The third-order valence-corrected chi connectivity index (χ3v) is 5.21. The number of nitrogens with zero attached hydrogens (tertiary/aromatic N) is 1. The van der Waals surface area contributed by atoms with Crippen molar-refractivity contribution < 1.29 is 32.5 Å². The third-order valence-electron chi connectivity index (χ3n) is 4.22. The zero-order valence-electron chi connectivity index (χ0n) is 14.1. The molecule has 9 heteroatoms. The number of aliphatic carboxylic acids is 1. The minimum Gasteiger partial charge on any atom is -0.475 e. The summed E-state index contributed by atoms with van der Waals surface area (Å²) in [6, 6.07) is 4.44. The van der Waals surface area contributed by atoms with Crippen LogP contribution in [0.25, 0.3) is 0 Å². The highest BCUT2D eigenvalue weighted by Crippen LogP contribution is 2.36. The lowest BCUT2D eigenvalue weighted by molar-refractivity contribution is -0.195. The van der Waals surface area contributed by atoms with E-state index in [2.05, 4.69) is 24.0 Å². The third kappa shape index (κ3) is 5.67. The van der Waals surface area contributed by atoms with E-state index in [0.717, 1.165) is 39.1 Å². The highest BCUT2D eigenvalue weighted by Gasteiger charge is 2.47. The fourth-order valence-corrected chi connectivity index (χ4v) is 4.01. The molecule has 142 valence electrons. The van der Waals surface area contributed by atoms with Crippen LogP contribution in [0.2, 0.25) is 0 Å². The van der Waals surface area contributed by atoms with Gasteiger partial charge in [0.15, 0.2) is 0 Å². The molecule has 2 fully saturated rings. The summed E-state index contributed by atoms with van der Waals surface area (Å²) in [5, 5.41) is 7.12. The summed E-state index contributed by atoms with van der Waals surface area (Å²) in [5.74, 6) is -2.76. The topological polar surface area (TPSA) is 59.0 Å². The highest BCUT2D eigenvalue weighted by molar-refractivity contribution is 7.11. The van der Waals surface area contributed by atoms with Crippen molar-refractivity contribution in [3.63, 3.8) is 0 Å². The van der Waals surface area contributed by atoms with Crippen LogP contribution in [0.3, 0.4) is 0 Å². The summed E-state index contributed by atoms with van der Waals surface area (Å²) < 4.78 is 43.2. The number of hydrogen-bond acceptors (Lipinski definition) is 5. The minimum absolute atomic E-state index is 0.0885. The lowest BCUT2D eigenvalue weighted by Crippen LogP contribution is -2.65. The van der Waals surface area contributed by atoms with E-state index in [-0.39, 0.29) is 5.60 Å². The van der Waals surface area contributed by atoms with Gasteiger partial charge in [0, 0.05) is 49.5 Å². The first kappa shape index (κ1) is 20.2. The number of thiophene rings is 1. The van der Waals surface area contributed by atoms with E-state index in [9.17, 15) is 13.2 Å². The maximum atomic E-state index is 10.6. The van der Waals surface area contributed by atoms with Crippen LogP contribution in [0.15, 0.2) is 12.1 Å². The molecule has 2 aliphatic rings. The van der Waals surface area contributed by atoms with Gasteiger partial charge in [-0.15, -0.1) is 11.3 Å². The predicted molar refractivity (Wildman–Crippen MR) is 86.7 cm³/mol. The standard InChI is InChI=1S/C14H21NO2S.C2HF3O2/c1-11-3-4-13(18-11)8-15-9-14(10-15)7-12(16-2)5-6-17-14;3-2(4,5)1(6)7/h3-4,12H,5-10H2,1-2H3;(H,6,7). The van der Waals surface area contributed by atoms with Gasteiger partial charge in [-0.05, 0) is 25.5 Å². The molecule has 0 saturated carbocycles. The van der Waals surface area contributed by atoms with E-state index in [0.29, 0.717) is 6.10 Å². The molecule has 5 nitrogen and oxygen atoms in total. The Hall–Kier alpha value is -1.16. The van der Waals surface area contributed by atoms with Crippen LogP contribution >= 0.6 is 11.3 Å². The van der Waals surface area contributed by atoms with Gasteiger partial charge in [0.1, 0.15) is 0 Å². The number of hydrogen-bond donors (Lipinski definition) is 1. The van der Waals surface area contributed by atoms with Gasteiger partial charge in [-0.25, -0.2) is 4.79 Å². The molecule has 2 aliphatic heterocycles. The maximum absolute atomic E-state index is 10.6. The quantitative estimate of drug-likeness (QED) is 0.872. The van der Waals surface area contributed by atoms with E-state index in [1.165, 1.54) is 9.75 Å². The number of ether oxygens (including phenoxy) is 2. The summed E-state index contributed by atoms with van der Waals surface area (Å²) in [6.07, 6.45) is -2.59. The molecule has 0 aliphatic carbocycles. The van der Waals surface area contributed by atoms with Gasteiger partial charge in [-0.2, -0.15) is 13.2 Å². The maximum Gasteiger partial charge on any atom is 0.490 e. The molecule has 3 rings (SSSR count). The lowest BCUT2D eigenvalue weighted by atomic mass is 9.84. The Labute approximate surface area is 148 Å². The number of halogens is 3. The Bertz CT molecular complexity index is 584. The van der Waals surface area contributed by atoms with Crippen LogP contribution in [-0.4, -0.2) is 60.7 Å².